The molecule has 0 bridgehead atoms. The topological polar surface area (TPSA) is 49.0 Å². The first-order chi connectivity index (χ1) is 7.29. The van der Waals surface area contributed by atoms with Gasteiger partial charge in [0, 0.05) is 43.2 Å². The predicted molar refractivity (Wildman–Crippen MR) is 60.8 cm³/mol. The number of imidazole rings is 1. The number of hydrogen-bond acceptors (Lipinski definition) is 2. The minimum atomic E-state index is 0.277. The SMILES string of the molecule is O=C1CC(CBr)CN1CCc1cnc[nH]1. The molecule has 1 unspecified atom stereocenters. The first-order valence-electron chi connectivity index (χ1n) is 5.10. The third-order valence-electron chi connectivity index (χ3n) is 2.72. The van der Waals surface area contributed by atoms with E-state index < -0.39 is 0 Å². The Kier molecular flexibility index (Phi) is 3.41. The minimum absolute atomic E-state index is 0.277. The molecule has 0 radical (unpaired) electrons. The Morgan fingerprint density at radius 1 is 1.67 bits per heavy atom. The van der Waals surface area contributed by atoms with E-state index in [0.717, 1.165) is 30.5 Å². The van der Waals surface area contributed by atoms with Crippen molar-refractivity contribution in [3.8, 4) is 0 Å². The maximum Gasteiger partial charge on any atom is 0.222 e. The third-order valence-corrected chi connectivity index (χ3v) is 3.63. The van der Waals surface area contributed by atoms with Gasteiger partial charge in [0.2, 0.25) is 5.91 Å². The molecule has 1 fully saturated rings. The van der Waals surface area contributed by atoms with Gasteiger partial charge in [0.1, 0.15) is 0 Å². The van der Waals surface area contributed by atoms with Gasteiger partial charge in [0.15, 0.2) is 0 Å². The molecule has 0 saturated carbocycles. The monoisotopic (exact) mass is 271 g/mol. The number of H-pyrrole nitrogens is 1. The first kappa shape index (κ1) is 10.7. The van der Waals surface area contributed by atoms with E-state index in [1.807, 2.05) is 11.1 Å². The average Bonchev–Trinajstić information content (AvgIpc) is 2.84. The molecule has 1 atom stereocenters. The highest BCUT2D eigenvalue weighted by molar-refractivity contribution is 9.09. The molecule has 0 aliphatic carbocycles. The molecule has 4 nitrogen and oxygen atoms in total. The van der Waals surface area contributed by atoms with Crippen LogP contribution < -0.4 is 0 Å². The molecular formula is C10H14BrN3O. The fourth-order valence-corrected chi connectivity index (χ4v) is 2.28. The summed E-state index contributed by atoms with van der Waals surface area (Å²) in [7, 11) is 0. The number of hydrogen-bond donors (Lipinski definition) is 1. The zero-order valence-electron chi connectivity index (χ0n) is 8.45. The van der Waals surface area contributed by atoms with Crippen molar-refractivity contribution >= 4 is 21.8 Å². The van der Waals surface area contributed by atoms with Crippen molar-refractivity contribution in [1.82, 2.24) is 14.9 Å². The minimum Gasteiger partial charge on any atom is -0.348 e. The van der Waals surface area contributed by atoms with Crippen molar-refractivity contribution in [2.24, 2.45) is 5.92 Å². The molecule has 1 aliphatic rings. The van der Waals surface area contributed by atoms with E-state index in [4.69, 9.17) is 0 Å². The smallest absolute Gasteiger partial charge is 0.222 e. The van der Waals surface area contributed by atoms with Gasteiger partial charge in [-0.25, -0.2) is 4.98 Å². The first-order valence-corrected chi connectivity index (χ1v) is 6.22. The van der Waals surface area contributed by atoms with Gasteiger partial charge < -0.3 is 9.88 Å². The number of alkyl halides is 1. The Labute approximate surface area is 97.2 Å². The molecular weight excluding hydrogens is 258 g/mol. The van der Waals surface area contributed by atoms with Gasteiger partial charge in [-0.3, -0.25) is 4.79 Å². The molecule has 1 aromatic rings. The Morgan fingerprint density at radius 2 is 2.53 bits per heavy atom. The van der Waals surface area contributed by atoms with Crippen molar-refractivity contribution in [3.05, 3.63) is 18.2 Å². The molecule has 2 rings (SSSR count). The van der Waals surface area contributed by atoms with Crippen molar-refractivity contribution in [3.63, 3.8) is 0 Å². The van der Waals surface area contributed by atoms with E-state index in [9.17, 15) is 4.79 Å². The van der Waals surface area contributed by atoms with E-state index in [1.54, 1.807) is 6.33 Å². The van der Waals surface area contributed by atoms with Gasteiger partial charge in [-0.15, -0.1) is 0 Å². The summed E-state index contributed by atoms with van der Waals surface area (Å²) in [6, 6.07) is 0. The number of nitrogens with zero attached hydrogens (tertiary/aromatic N) is 2. The highest BCUT2D eigenvalue weighted by atomic mass is 79.9. The summed E-state index contributed by atoms with van der Waals surface area (Å²) in [5.74, 6) is 0.762. The Morgan fingerprint density at radius 3 is 3.13 bits per heavy atom. The van der Waals surface area contributed by atoms with Gasteiger partial charge in [-0.05, 0) is 5.92 Å². The molecule has 0 aromatic carbocycles. The fraction of sp³-hybridized carbons (Fsp3) is 0.600. The summed E-state index contributed by atoms with van der Waals surface area (Å²) < 4.78 is 0. The number of amides is 1. The molecule has 0 spiro atoms. The van der Waals surface area contributed by atoms with Crippen LogP contribution in [-0.4, -0.2) is 39.2 Å². The lowest BCUT2D eigenvalue weighted by Crippen LogP contribution is -2.27. The van der Waals surface area contributed by atoms with Crippen LogP contribution in [0.25, 0.3) is 0 Å². The van der Waals surface area contributed by atoms with E-state index in [-0.39, 0.29) is 5.91 Å². The predicted octanol–water partition coefficient (Wildman–Crippen LogP) is 1.20. The summed E-state index contributed by atoms with van der Waals surface area (Å²) in [6.45, 7) is 1.68. The fourth-order valence-electron chi connectivity index (χ4n) is 1.85. The van der Waals surface area contributed by atoms with Crippen LogP contribution in [0.15, 0.2) is 12.5 Å². The lowest BCUT2D eigenvalue weighted by molar-refractivity contribution is -0.127. The lowest BCUT2D eigenvalue weighted by Gasteiger charge is -2.15. The normalized spacial score (nSPS) is 21.3. The second kappa shape index (κ2) is 4.79. The van der Waals surface area contributed by atoms with E-state index in [0.29, 0.717) is 12.3 Å². The molecule has 1 saturated heterocycles. The van der Waals surface area contributed by atoms with Crippen LogP contribution in [0.2, 0.25) is 0 Å². The van der Waals surface area contributed by atoms with Crippen LogP contribution in [-0.2, 0) is 11.2 Å². The molecule has 5 heteroatoms. The molecule has 1 amide bonds. The largest absolute Gasteiger partial charge is 0.348 e. The van der Waals surface area contributed by atoms with Crippen molar-refractivity contribution in [2.75, 3.05) is 18.4 Å². The number of aromatic amines is 1. The van der Waals surface area contributed by atoms with Gasteiger partial charge in [-0.1, -0.05) is 15.9 Å². The number of nitrogens with one attached hydrogen (secondary N) is 1. The van der Waals surface area contributed by atoms with Crippen LogP contribution in [0.3, 0.4) is 0 Å². The summed E-state index contributed by atoms with van der Waals surface area (Å²) in [4.78, 5) is 20.5. The standard InChI is InChI=1S/C10H14BrN3O/c11-4-8-3-10(15)14(6-8)2-1-9-5-12-7-13-9/h5,7-8H,1-4,6H2,(H,12,13). The van der Waals surface area contributed by atoms with Gasteiger partial charge in [0.05, 0.1) is 6.33 Å². The number of halogens is 1. The van der Waals surface area contributed by atoms with Crippen molar-refractivity contribution in [2.45, 2.75) is 12.8 Å². The quantitative estimate of drug-likeness (QED) is 0.837. The summed E-state index contributed by atoms with van der Waals surface area (Å²) in [6.07, 6.45) is 5.03. The average molecular weight is 272 g/mol. The van der Waals surface area contributed by atoms with Crippen LogP contribution in [0.5, 0.6) is 0 Å². The Hall–Kier alpha value is -0.840. The molecule has 2 heterocycles. The van der Waals surface area contributed by atoms with Gasteiger partial charge in [-0.2, -0.15) is 0 Å². The van der Waals surface area contributed by atoms with Crippen LogP contribution in [0, 0.1) is 5.92 Å². The second-order valence-electron chi connectivity index (χ2n) is 3.89. The number of aromatic nitrogens is 2. The van der Waals surface area contributed by atoms with Gasteiger partial charge >= 0.3 is 0 Å². The molecule has 1 aliphatic heterocycles. The van der Waals surface area contributed by atoms with Gasteiger partial charge in [0.25, 0.3) is 0 Å². The van der Waals surface area contributed by atoms with Crippen molar-refractivity contribution < 1.29 is 4.79 Å². The van der Waals surface area contributed by atoms with E-state index in [1.165, 1.54) is 0 Å². The second-order valence-corrected chi connectivity index (χ2v) is 4.54. The summed E-state index contributed by atoms with van der Waals surface area (Å²) in [5, 5.41) is 0.916. The Bertz CT molecular complexity index is 325. The molecule has 1 aromatic heterocycles. The number of rotatable bonds is 4. The summed E-state index contributed by atoms with van der Waals surface area (Å²) >= 11 is 3.43. The maximum atomic E-state index is 11.6. The van der Waals surface area contributed by atoms with Crippen LogP contribution in [0.1, 0.15) is 12.1 Å². The number of likely N-dealkylation sites (tertiary alicyclic amines) is 1. The molecule has 82 valence electrons. The number of carbonyl (C=O) groups excluding carboxylic acids is 1. The Balaban J connectivity index is 1.83. The molecule has 1 N–H and O–H groups in total. The maximum absolute atomic E-state index is 11.6. The van der Waals surface area contributed by atoms with Crippen LogP contribution >= 0.6 is 15.9 Å². The lowest BCUT2D eigenvalue weighted by atomic mass is 10.2. The number of carbonyl (C=O) groups is 1. The zero-order valence-corrected chi connectivity index (χ0v) is 10.0. The van der Waals surface area contributed by atoms with Crippen LogP contribution in [0.4, 0.5) is 0 Å². The van der Waals surface area contributed by atoms with E-state index >= 15 is 0 Å². The third kappa shape index (κ3) is 2.59. The zero-order chi connectivity index (χ0) is 10.7. The van der Waals surface area contributed by atoms with Crippen molar-refractivity contribution in [1.29, 1.82) is 0 Å². The highest BCUT2D eigenvalue weighted by Crippen LogP contribution is 2.19. The summed E-state index contributed by atoms with van der Waals surface area (Å²) in [5.41, 5.74) is 1.09. The van der Waals surface area contributed by atoms with E-state index in [2.05, 4.69) is 25.9 Å². The molecule has 15 heavy (non-hydrogen) atoms. The highest BCUT2D eigenvalue weighted by Gasteiger charge is 2.28.